The molecule has 10 heteroatoms. The highest BCUT2D eigenvalue weighted by molar-refractivity contribution is 5.76. The van der Waals surface area contributed by atoms with E-state index in [-0.39, 0.29) is 23.1 Å². The molecule has 0 aliphatic carbocycles. The minimum Gasteiger partial charge on any atom is -0.380 e. The third-order valence-electron chi connectivity index (χ3n) is 7.78. The lowest BCUT2D eigenvalue weighted by molar-refractivity contribution is -0.137. The van der Waals surface area contributed by atoms with Gasteiger partial charge in [0, 0.05) is 63.1 Å². The number of nitrogens with zero attached hydrogens (tertiary/aromatic N) is 3. The molecule has 2 saturated heterocycles. The first-order valence-electron chi connectivity index (χ1n) is 15.1. The number of halogens is 3. The topological polar surface area (TPSA) is 60.1 Å². The third-order valence-corrected chi connectivity index (χ3v) is 7.78. The van der Waals surface area contributed by atoms with E-state index in [1.165, 1.54) is 24.4 Å². The minimum absolute atomic E-state index is 0.0863. The van der Waals surface area contributed by atoms with Crippen LogP contribution in [0.4, 0.5) is 30.2 Å². The Morgan fingerprint density at radius 3 is 2.24 bits per heavy atom. The molecule has 0 spiro atoms. The van der Waals surface area contributed by atoms with Crippen LogP contribution in [0, 0.1) is 0 Å². The van der Waals surface area contributed by atoms with E-state index in [2.05, 4.69) is 70.5 Å². The van der Waals surface area contributed by atoms with Gasteiger partial charge in [-0.2, -0.15) is 13.2 Å². The van der Waals surface area contributed by atoms with E-state index in [0.29, 0.717) is 31.6 Å². The van der Waals surface area contributed by atoms with E-state index in [0.717, 1.165) is 45.2 Å². The molecule has 2 aromatic carbocycles. The van der Waals surface area contributed by atoms with Crippen molar-refractivity contribution >= 4 is 23.0 Å². The van der Waals surface area contributed by atoms with Crippen molar-refractivity contribution in [3.63, 3.8) is 0 Å². The van der Waals surface area contributed by atoms with Crippen molar-refractivity contribution < 1.29 is 22.8 Å². The van der Waals surface area contributed by atoms with E-state index < -0.39 is 11.7 Å². The molecule has 0 radical (unpaired) electrons. The Morgan fingerprint density at radius 1 is 0.976 bits per heavy atom. The molecule has 0 unspecified atom stereocenters. The summed E-state index contributed by atoms with van der Waals surface area (Å²) in [6.45, 7) is 16.6. The number of benzene rings is 2. The van der Waals surface area contributed by atoms with Gasteiger partial charge in [-0.1, -0.05) is 46.8 Å². The van der Waals surface area contributed by atoms with Crippen LogP contribution in [-0.2, 0) is 21.2 Å². The molecule has 7 nitrogen and oxygen atoms in total. The van der Waals surface area contributed by atoms with Crippen LogP contribution >= 0.6 is 0 Å². The Morgan fingerprint density at radius 2 is 1.64 bits per heavy atom. The molecule has 2 aliphatic heterocycles. The van der Waals surface area contributed by atoms with Gasteiger partial charge in [-0.15, -0.1) is 0 Å². The van der Waals surface area contributed by atoms with Crippen LogP contribution in [0.2, 0.25) is 0 Å². The SMILES string of the molecule is CC.CONc1ccc(N[C@@H]2CCN(C(=O)CCCN3CCN(c4ccc(C(C)(C)C)cc4)CC3)C2)cc1C(F)(F)F. The van der Waals surface area contributed by atoms with Crippen molar-refractivity contribution in [1.29, 1.82) is 0 Å². The average molecular weight is 592 g/mol. The van der Waals surface area contributed by atoms with Gasteiger partial charge in [0.1, 0.15) is 0 Å². The number of amides is 1. The van der Waals surface area contributed by atoms with Crippen LogP contribution in [-0.4, -0.2) is 74.7 Å². The molecular formula is C32H48F3N5O2. The van der Waals surface area contributed by atoms with Gasteiger partial charge in [-0.05, 0) is 60.7 Å². The number of anilines is 3. The molecule has 1 amide bonds. The zero-order valence-corrected chi connectivity index (χ0v) is 26.0. The van der Waals surface area contributed by atoms with Crippen LogP contribution in [0.1, 0.15) is 65.0 Å². The quantitative estimate of drug-likeness (QED) is 0.320. The summed E-state index contributed by atoms with van der Waals surface area (Å²) in [5.74, 6) is 0.109. The summed E-state index contributed by atoms with van der Waals surface area (Å²) in [6, 6.07) is 12.8. The van der Waals surface area contributed by atoms with Crippen molar-refractivity contribution in [2.45, 2.75) is 71.5 Å². The normalized spacial score (nSPS) is 18.0. The summed E-state index contributed by atoms with van der Waals surface area (Å²) >= 11 is 0. The monoisotopic (exact) mass is 591 g/mol. The predicted octanol–water partition coefficient (Wildman–Crippen LogP) is 6.62. The van der Waals surface area contributed by atoms with Crippen molar-refractivity contribution in [3.8, 4) is 0 Å². The number of hydrogen-bond donors (Lipinski definition) is 2. The number of hydrogen-bond acceptors (Lipinski definition) is 6. The fourth-order valence-corrected chi connectivity index (χ4v) is 5.42. The van der Waals surface area contributed by atoms with E-state index in [9.17, 15) is 18.0 Å². The number of carbonyl (C=O) groups excluding carboxylic acids is 1. The van der Waals surface area contributed by atoms with Crippen LogP contribution in [0.3, 0.4) is 0 Å². The van der Waals surface area contributed by atoms with Crippen LogP contribution < -0.4 is 15.7 Å². The molecule has 2 aromatic rings. The number of carbonyl (C=O) groups is 1. The van der Waals surface area contributed by atoms with Crippen LogP contribution in [0.5, 0.6) is 0 Å². The van der Waals surface area contributed by atoms with Gasteiger partial charge in [0.2, 0.25) is 5.91 Å². The summed E-state index contributed by atoms with van der Waals surface area (Å²) < 4.78 is 40.3. The summed E-state index contributed by atoms with van der Waals surface area (Å²) in [4.78, 5) is 24.1. The zero-order valence-electron chi connectivity index (χ0n) is 26.0. The molecule has 0 bridgehead atoms. The largest absolute Gasteiger partial charge is 0.418 e. The lowest BCUT2D eigenvalue weighted by Crippen LogP contribution is -2.46. The highest BCUT2D eigenvalue weighted by atomic mass is 19.4. The summed E-state index contributed by atoms with van der Waals surface area (Å²) in [5.41, 5.74) is 4.46. The lowest BCUT2D eigenvalue weighted by atomic mass is 9.87. The number of alkyl halides is 3. The summed E-state index contributed by atoms with van der Waals surface area (Å²) in [7, 11) is 1.27. The van der Waals surface area contributed by atoms with Crippen molar-refractivity contribution in [3.05, 3.63) is 53.6 Å². The average Bonchev–Trinajstić information content (AvgIpc) is 3.43. The van der Waals surface area contributed by atoms with E-state index in [1.807, 2.05) is 18.7 Å². The minimum atomic E-state index is -4.51. The lowest BCUT2D eigenvalue weighted by Gasteiger charge is -2.36. The number of likely N-dealkylation sites (tertiary alicyclic amines) is 1. The van der Waals surface area contributed by atoms with Crippen molar-refractivity contribution in [1.82, 2.24) is 9.80 Å². The van der Waals surface area contributed by atoms with Gasteiger partial charge in [0.25, 0.3) is 0 Å². The van der Waals surface area contributed by atoms with E-state index in [4.69, 9.17) is 0 Å². The molecule has 2 N–H and O–H groups in total. The smallest absolute Gasteiger partial charge is 0.380 e. The Hall–Kier alpha value is -2.98. The second-order valence-electron chi connectivity index (χ2n) is 11.8. The number of nitrogens with one attached hydrogen (secondary N) is 2. The Labute approximate surface area is 249 Å². The Kier molecular flexibility index (Phi) is 11.9. The second-order valence-corrected chi connectivity index (χ2v) is 11.8. The molecule has 0 aromatic heterocycles. The number of piperazine rings is 1. The fraction of sp³-hybridized carbons (Fsp3) is 0.594. The highest BCUT2D eigenvalue weighted by Crippen LogP contribution is 2.37. The standard InChI is InChI=1S/C30H42F3N5O2.C2H6/c1-29(2,3)22-7-10-25(11-8-22)37-18-16-36(17-19-37)14-5-6-28(39)38-15-13-24(21-38)34-23-9-12-27(35-40-4)26(20-23)30(31,32)33;1-2/h7-12,20,24,34-35H,5-6,13-19,21H2,1-4H3;1-2H3/t24-;/m1./s1. The Balaban J connectivity index is 0.00000237. The van der Waals surface area contributed by atoms with Gasteiger partial charge in [-0.3, -0.25) is 20.0 Å². The van der Waals surface area contributed by atoms with Gasteiger partial charge in [-0.25, -0.2) is 0 Å². The van der Waals surface area contributed by atoms with Gasteiger partial charge < -0.3 is 15.1 Å². The maximum atomic E-state index is 13.4. The fourth-order valence-electron chi connectivity index (χ4n) is 5.42. The third kappa shape index (κ3) is 9.26. The molecule has 42 heavy (non-hydrogen) atoms. The Bertz CT molecular complexity index is 1130. The maximum absolute atomic E-state index is 13.4. The molecule has 1 atom stereocenters. The van der Waals surface area contributed by atoms with Gasteiger partial charge >= 0.3 is 6.18 Å². The maximum Gasteiger partial charge on any atom is 0.418 e. The van der Waals surface area contributed by atoms with Gasteiger partial charge in [0.05, 0.1) is 18.4 Å². The predicted molar refractivity (Wildman–Crippen MR) is 165 cm³/mol. The summed E-state index contributed by atoms with van der Waals surface area (Å²) in [6.07, 6.45) is -2.53. The molecule has 4 rings (SSSR count). The summed E-state index contributed by atoms with van der Waals surface area (Å²) in [5, 5.41) is 3.17. The van der Waals surface area contributed by atoms with Crippen molar-refractivity contribution in [2.75, 3.05) is 68.6 Å². The van der Waals surface area contributed by atoms with Crippen LogP contribution in [0.25, 0.3) is 0 Å². The van der Waals surface area contributed by atoms with Gasteiger partial charge in [0.15, 0.2) is 0 Å². The highest BCUT2D eigenvalue weighted by Gasteiger charge is 2.34. The first-order valence-corrected chi connectivity index (χ1v) is 15.1. The molecule has 2 fully saturated rings. The first kappa shape index (κ1) is 33.5. The first-order chi connectivity index (χ1) is 19.9. The van der Waals surface area contributed by atoms with Crippen molar-refractivity contribution in [2.24, 2.45) is 0 Å². The molecule has 0 saturated carbocycles. The zero-order chi connectivity index (χ0) is 30.9. The van der Waals surface area contributed by atoms with Crippen LogP contribution in [0.15, 0.2) is 42.5 Å². The molecular weight excluding hydrogens is 543 g/mol. The number of rotatable bonds is 9. The van der Waals surface area contributed by atoms with E-state index >= 15 is 0 Å². The van der Waals surface area contributed by atoms with E-state index in [1.54, 1.807) is 6.07 Å². The second kappa shape index (κ2) is 15.0. The molecule has 2 heterocycles. The molecule has 2 aliphatic rings. The molecule has 234 valence electrons.